The van der Waals surface area contributed by atoms with E-state index in [0.29, 0.717) is 29.9 Å². The van der Waals surface area contributed by atoms with Crippen LogP contribution in [-0.2, 0) is 10.0 Å². The average molecular weight is 440 g/mol. The number of hydrogen-bond donors (Lipinski definition) is 2. The van der Waals surface area contributed by atoms with E-state index < -0.39 is 10.0 Å². The molecule has 0 atom stereocenters. The van der Waals surface area contributed by atoms with Crippen LogP contribution in [0.2, 0.25) is 0 Å². The Balaban J connectivity index is 1.44. The molecular formula is C22H37N3O2S2. The Labute approximate surface area is 181 Å². The maximum Gasteiger partial charge on any atom is 0.243 e. The van der Waals surface area contributed by atoms with Crippen molar-refractivity contribution in [2.45, 2.75) is 81.4 Å². The van der Waals surface area contributed by atoms with Crippen molar-refractivity contribution in [3.05, 3.63) is 24.3 Å². The minimum absolute atomic E-state index is 0.256. The minimum Gasteiger partial charge on any atom is -0.385 e. The predicted octanol–water partition coefficient (Wildman–Crippen LogP) is 4.87. The van der Waals surface area contributed by atoms with Crippen LogP contribution in [0, 0.1) is 5.92 Å². The van der Waals surface area contributed by atoms with E-state index in [1.54, 1.807) is 16.4 Å². The number of rotatable bonds is 7. The number of nitrogens with zero attached hydrogens (tertiary/aromatic N) is 1. The summed E-state index contributed by atoms with van der Waals surface area (Å²) in [5.74, 6) is 0.685. The molecule has 5 nitrogen and oxygen atoms in total. The van der Waals surface area contributed by atoms with Gasteiger partial charge >= 0.3 is 0 Å². The van der Waals surface area contributed by atoms with E-state index in [0.717, 1.165) is 31.5 Å². The first-order valence-electron chi connectivity index (χ1n) is 11.0. The monoisotopic (exact) mass is 439 g/mol. The average Bonchev–Trinajstić information content (AvgIpc) is 2.72. The number of piperidine rings is 1. The second kappa shape index (κ2) is 10.0. The van der Waals surface area contributed by atoms with Crippen LogP contribution >= 0.6 is 11.9 Å². The Morgan fingerprint density at radius 1 is 1.00 bits per heavy atom. The van der Waals surface area contributed by atoms with Gasteiger partial charge in [-0.2, -0.15) is 4.31 Å². The second-order valence-electron chi connectivity index (χ2n) is 9.42. The van der Waals surface area contributed by atoms with Gasteiger partial charge in [-0.15, -0.1) is 0 Å². The first kappa shape index (κ1) is 22.9. The third kappa shape index (κ3) is 6.88. The van der Waals surface area contributed by atoms with Gasteiger partial charge in [0.05, 0.1) is 4.90 Å². The van der Waals surface area contributed by atoms with Crippen molar-refractivity contribution in [3.8, 4) is 0 Å². The zero-order valence-electron chi connectivity index (χ0n) is 18.1. The summed E-state index contributed by atoms with van der Waals surface area (Å²) in [6.45, 7) is 8.97. The fourth-order valence-corrected chi connectivity index (χ4v) is 6.28. The molecule has 0 amide bonds. The summed E-state index contributed by atoms with van der Waals surface area (Å²) in [7, 11) is -3.34. The molecule has 0 radical (unpaired) electrons. The molecule has 1 heterocycles. The highest BCUT2D eigenvalue weighted by molar-refractivity contribution is 7.98. The van der Waals surface area contributed by atoms with Gasteiger partial charge in [-0.3, -0.25) is 4.72 Å². The number of hydrogen-bond acceptors (Lipinski definition) is 5. The van der Waals surface area contributed by atoms with Gasteiger partial charge in [0, 0.05) is 36.1 Å². The van der Waals surface area contributed by atoms with Crippen molar-refractivity contribution in [2.75, 3.05) is 25.0 Å². The molecule has 2 fully saturated rings. The van der Waals surface area contributed by atoms with Gasteiger partial charge in [-0.1, -0.05) is 18.4 Å². The molecule has 1 aliphatic heterocycles. The van der Waals surface area contributed by atoms with Crippen LogP contribution < -0.4 is 10.0 Å². The molecule has 1 aromatic carbocycles. The van der Waals surface area contributed by atoms with Gasteiger partial charge in [-0.05, 0) is 89.5 Å². The number of benzene rings is 1. The molecule has 0 bridgehead atoms. The van der Waals surface area contributed by atoms with Gasteiger partial charge < -0.3 is 5.32 Å². The summed E-state index contributed by atoms with van der Waals surface area (Å²) in [6.07, 6.45) is 7.97. The highest BCUT2D eigenvalue weighted by Crippen LogP contribution is 2.29. The van der Waals surface area contributed by atoms with Crippen LogP contribution in [0.3, 0.4) is 0 Å². The Morgan fingerprint density at radius 3 is 2.21 bits per heavy atom. The quantitative estimate of drug-likeness (QED) is 0.594. The zero-order chi connectivity index (χ0) is 20.9. The Kier molecular flexibility index (Phi) is 7.93. The summed E-state index contributed by atoms with van der Waals surface area (Å²) in [6, 6.07) is 7.93. The molecule has 0 spiro atoms. The number of nitrogens with one attached hydrogen (secondary N) is 2. The first-order valence-corrected chi connectivity index (χ1v) is 13.3. The molecule has 2 aliphatic rings. The standard InChI is InChI=1S/C22H37N3O2S2/c1-22(2,3)28-24-20-9-7-18(8-10-20)17-23-19-11-13-21(14-12-19)29(26,27)25-15-5-4-6-16-25/h11-14,18,20,23-24H,4-10,15-17H2,1-3H3/t18-,20-. The normalized spacial score (nSPS) is 24.4. The van der Waals surface area contributed by atoms with Crippen molar-refractivity contribution in [1.82, 2.24) is 9.03 Å². The zero-order valence-corrected chi connectivity index (χ0v) is 19.7. The molecule has 0 aromatic heterocycles. The molecule has 1 aliphatic carbocycles. The molecule has 1 saturated carbocycles. The summed E-state index contributed by atoms with van der Waals surface area (Å²) >= 11 is 1.85. The van der Waals surface area contributed by atoms with Crippen LogP contribution in [0.1, 0.15) is 65.7 Å². The number of sulfonamides is 1. The van der Waals surface area contributed by atoms with Crippen LogP contribution in [0.25, 0.3) is 0 Å². The third-order valence-electron chi connectivity index (χ3n) is 5.78. The summed E-state index contributed by atoms with van der Waals surface area (Å²) in [5.41, 5.74) is 1.01. The third-order valence-corrected chi connectivity index (χ3v) is 8.76. The smallest absolute Gasteiger partial charge is 0.243 e. The van der Waals surface area contributed by atoms with E-state index in [9.17, 15) is 8.42 Å². The summed E-state index contributed by atoms with van der Waals surface area (Å²) < 4.78 is 31.0. The van der Waals surface area contributed by atoms with E-state index >= 15 is 0 Å². The van der Waals surface area contributed by atoms with Crippen LogP contribution in [0.5, 0.6) is 0 Å². The molecule has 1 aromatic rings. The molecule has 29 heavy (non-hydrogen) atoms. The molecule has 2 N–H and O–H groups in total. The fourth-order valence-electron chi connectivity index (χ4n) is 4.01. The highest BCUT2D eigenvalue weighted by Gasteiger charge is 2.26. The molecule has 0 unspecified atom stereocenters. The van der Waals surface area contributed by atoms with Crippen LogP contribution in [0.4, 0.5) is 5.69 Å². The van der Waals surface area contributed by atoms with E-state index in [1.165, 1.54) is 25.7 Å². The van der Waals surface area contributed by atoms with Gasteiger partial charge in [0.1, 0.15) is 0 Å². The van der Waals surface area contributed by atoms with Gasteiger partial charge in [0.15, 0.2) is 0 Å². The molecular weight excluding hydrogens is 402 g/mol. The molecule has 7 heteroatoms. The summed E-state index contributed by atoms with van der Waals surface area (Å²) in [5, 5.41) is 3.51. The van der Waals surface area contributed by atoms with Crippen molar-refractivity contribution >= 4 is 27.7 Å². The SMILES string of the molecule is CC(C)(C)SN[C@H]1CC[C@H](CNc2ccc(S(=O)(=O)N3CCCCC3)cc2)CC1. The number of anilines is 1. The van der Waals surface area contributed by atoms with Crippen LogP contribution in [0.15, 0.2) is 29.2 Å². The lowest BCUT2D eigenvalue weighted by Crippen LogP contribution is -2.35. The van der Waals surface area contributed by atoms with Gasteiger partial charge in [-0.25, -0.2) is 8.42 Å². The van der Waals surface area contributed by atoms with Crippen molar-refractivity contribution in [1.29, 1.82) is 0 Å². The minimum atomic E-state index is -3.34. The topological polar surface area (TPSA) is 61.4 Å². The van der Waals surface area contributed by atoms with Gasteiger partial charge in [0.2, 0.25) is 10.0 Å². The summed E-state index contributed by atoms with van der Waals surface area (Å²) in [4.78, 5) is 0.410. The van der Waals surface area contributed by atoms with E-state index in [2.05, 4.69) is 30.8 Å². The molecule has 3 rings (SSSR count). The van der Waals surface area contributed by atoms with E-state index in [4.69, 9.17) is 0 Å². The Bertz CT molecular complexity index is 730. The Hall–Kier alpha value is -0.760. The van der Waals surface area contributed by atoms with Crippen LogP contribution in [-0.4, -0.2) is 43.1 Å². The van der Waals surface area contributed by atoms with Crippen molar-refractivity contribution < 1.29 is 8.42 Å². The fraction of sp³-hybridized carbons (Fsp3) is 0.727. The van der Waals surface area contributed by atoms with E-state index in [1.807, 2.05) is 24.1 Å². The van der Waals surface area contributed by atoms with Crippen molar-refractivity contribution in [3.63, 3.8) is 0 Å². The maximum atomic E-state index is 12.7. The second-order valence-corrected chi connectivity index (χ2v) is 13.0. The molecule has 164 valence electrons. The molecule has 1 saturated heterocycles. The maximum absolute atomic E-state index is 12.7. The predicted molar refractivity (Wildman–Crippen MR) is 124 cm³/mol. The highest BCUT2D eigenvalue weighted by atomic mass is 32.2. The van der Waals surface area contributed by atoms with Crippen molar-refractivity contribution in [2.24, 2.45) is 5.92 Å². The largest absolute Gasteiger partial charge is 0.385 e. The lowest BCUT2D eigenvalue weighted by Gasteiger charge is -2.31. The van der Waals surface area contributed by atoms with Gasteiger partial charge in [0.25, 0.3) is 0 Å². The lowest BCUT2D eigenvalue weighted by atomic mass is 9.86. The Morgan fingerprint density at radius 2 is 1.62 bits per heavy atom. The van der Waals surface area contributed by atoms with E-state index in [-0.39, 0.29) is 4.75 Å². The lowest BCUT2D eigenvalue weighted by molar-refractivity contribution is 0.328. The first-order chi connectivity index (χ1) is 13.7.